The number of nitrogens with one attached hydrogen (secondary N) is 1. The Morgan fingerprint density at radius 2 is 1.83 bits per heavy atom. The van der Waals surface area contributed by atoms with Gasteiger partial charge in [-0.3, -0.25) is 9.69 Å². The first kappa shape index (κ1) is 13.1. The summed E-state index contributed by atoms with van der Waals surface area (Å²) in [6.45, 7) is 6.42. The highest BCUT2D eigenvalue weighted by Gasteiger charge is 2.10. The average molecular weight is 247 g/mol. The van der Waals surface area contributed by atoms with Gasteiger partial charge >= 0.3 is 0 Å². The molecular formula is C14H21N3O. The van der Waals surface area contributed by atoms with Crippen LogP contribution in [-0.2, 0) is 11.3 Å². The van der Waals surface area contributed by atoms with E-state index in [1.165, 1.54) is 5.56 Å². The summed E-state index contributed by atoms with van der Waals surface area (Å²) in [5, 5.41) is 3.37. The predicted octanol–water partition coefficient (Wildman–Crippen LogP) is 0.550. The summed E-state index contributed by atoms with van der Waals surface area (Å²) in [5.74, 6) is 0. The Hall–Kier alpha value is -1.39. The molecule has 1 N–H and O–H groups in total. The van der Waals surface area contributed by atoms with E-state index >= 15 is 0 Å². The first-order chi connectivity index (χ1) is 8.88. The monoisotopic (exact) mass is 247 g/mol. The van der Waals surface area contributed by atoms with Gasteiger partial charge in [-0.05, 0) is 5.56 Å². The van der Waals surface area contributed by atoms with Crippen molar-refractivity contribution in [3.63, 3.8) is 0 Å². The van der Waals surface area contributed by atoms with Gasteiger partial charge in [-0.15, -0.1) is 0 Å². The maximum atomic E-state index is 10.9. The summed E-state index contributed by atoms with van der Waals surface area (Å²) in [7, 11) is 0. The smallest absolute Gasteiger partial charge is 0.209 e. The van der Waals surface area contributed by atoms with E-state index in [2.05, 4.69) is 34.5 Å². The van der Waals surface area contributed by atoms with E-state index in [1.807, 2.05) is 11.0 Å². The van der Waals surface area contributed by atoms with E-state index in [0.717, 1.165) is 52.2 Å². The van der Waals surface area contributed by atoms with Crippen molar-refractivity contribution in [3.05, 3.63) is 35.9 Å². The molecule has 0 atom stereocenters. The Balaban J connectivity index is 1.91. The number of hydrogen-bond acceptors (Lipinski definition) is 3. The maximum Gasteiger partial charge on any atom is 0.209 e. The number of hydrogen-bond donors (Lipinski definition) is 1. The zero-order chi connectivity index (χ0) is 12.6. The molecule has 0 spiro atoms. The lowest BCUT2D eigenvalue weighted by molar-refractivity contribution is -0.118. The zero-order valence-electron chi connectivity index (χ0n) is 10.7. The van der Waals surface area contributed by atoms with Crippen LogP contribution in [0.3, 0.4) is 0 Å². The van der Waals surface area contributed by atoms with Crippen LogP contribution in [0.5, 0.6) is 0 Å². The fraction of sp³-hybridized carbons (Fsp3) is 0.500. The van der Waals surface area contributed by atoms with Gasteiger partial charge < -0.3 is 10.2 Å². The van der Waals surface area contributed by atoms with Crippen molar-refractivity contribution in [1.82, 2.24) is 15.1 Å². The van der Waals surface area contributed by atoms with Crippen LogP contribution in [0, 0.1) is 0 Å². The molecule has 0 radical (unpaired) electrons. The first-order valence-electron chi connectivity index (χ1n) is 6.55. The largest absolute Gasteiger partial charge is 0.343 e. The Labute approximate surface area is 109 Å². The van der Waals surface area contributed by atoms with Crippen LogP contribution in [0.25, 0.3) is 0 Å². The van der Waals surface area contributed by atoms with Crippen LogP contribution in [0.2, 0.25) is 0 Å². The zero-order valence-corrected chi connectivity index (χ0v) is 10.7. The van der Waals surface area contributed by atoms with Gasteiger partial charge in [0.25, 0.3) is 0 Å². The molecule has 98 valence electrons. The normalized spacial score (nSPS) is 18.8. The highest BCUT2D eigenvalue weighted by Crippen LogP contribution is 2.04. The molecule has 1 saturated heterocycles. The van der Waals surface area contributed by atoms with Crippen molar-refractivity contribution in [3.8, 4) is 0 Å². The van der Waals surface area contributed by atoms with E-state index in [4.69, 9.17) is 0 Å². The lowest BCUT2D eigenvalue weighted by atomic mass is 10.2. The van der Waals surface area contributed by atoms with Gasteiger partial charge in [-0.25, -0.2) is 0 Å². The topological polar surface area (TPSA) is 35.6 Å². The number of rotatable bonds is 3. The highest BCUT2D eigenvalue weighted by atomic mass is 16.1. The van der Waals surface area contributed by atoms with Gasteiger partial charge in [0.15, 0.2) is 0 Å². The van der Waals surface area contributed by atoms with Crippen molar-refractivity contribution in [2.45, 2.75) is 6.54 Å². The van der Waals surface area contributed by atoms with Crippen LogP contribution >= 0.6 is 0 Å². The quantitative estimate of drug-likeness (QED) is 0.792. The van der Waals surface area contributed by atoms with Crippen LogP contribution in [0.4, 0.5) is 0 Å². The molecule has 18 heavy (non-hydrogen) atoms. The molecule has 4 heteroatoms. The third kappa shape index (κ3) is 4.13. The van der Waals surface area contributed by atoms with E-state index in [9.17, 15) is 4.79 Å². The first-order valence-corrected chi connectivity index (χ1v) is 6.55. The van der Waals surface area contributed by atoms with E-state index < -0.39 is 0 Å². The second-order valence-corrected chi connectivity index (χ2v) is 4.65. The number of nitrogens with zero attached hydrogens (tertiary/aromatic N) is 2. The van der Waals surface area contributed by atoms with Gasteiger partial charge in [0, 0.05) is 45.8 Å². The summed E-state index contributed by atoms with van der Waals surface area (Å²) >= 11 is 0. The summed E-state index contributed by atoms with van der Waals surface area (Å²) in [6, 6.07) is 10.5. The minimum absolute atomic E-state index is 0.808. The lowest BCUT2D eigenvalue weighted by Gasteiger charge is -2.23. The summed E-state index contributed by atoms with van der Waals surface area (Å²) < 4.78 is 0. The number of benzene rings is 1. The molecule has 2 rings (SSSR count). The minimum atomic E-state index is 0.808. The molecule has 1 fully saturated rings. The standard InChI is InChI=1S/C14H21N3O/c18-13-17-9-7-15-6-8-16(10-11-17)12-14-4-2-1-3-5-14/h1-5,13,15H,6-12H2. The Kier molecular flexibility index (Phi) is 5.17. The van der Waals surface area contributed by atoms with Gasteiger partial charge in [0.1, 0.15) is 0 Å². The van der Waals surface area contributed by atoms with Crippen molar-refractivity contribution in [1.29, 1.82) is 0 Å². The fourth-order valence-electron chi connectivity index (χ4n) is 2.18. The van der Waals surface area contributed by atoms with Gasteiger partial charge in [0.2, 0.25) is 6.41 Å². The van der Waals surface area contributed by atoms with Crippen molar-refractivity contribution < 1.29 is 4.79 Å². The third-order valence-corrected chi connectivity index (χ3v) is 3.28. The molecule has 1 aromatic carbocycles. The third-order valence-electron chi connectivity index (χ3n) is 3.28. The SMILES string of the molecule is O=CN1CCNCCN(Cc2ccccc2)CC1. The van der Waals surface area contributed by atoms with Gasteiger partial charge in [0.05, 0.1) is 0 Å². The number of carbonyl (C=O) groups is 1. The molecule has 1 aliphatic rings. The molecule has 0 aliphatic carbocycles. The Bertz CT molecular complexity index is 355. The number of carbonyl (C=O) groups excluding carboxylic acids is 1. The summed E-state index contributed by atoms with van der Waals surface area (Å²) in [4.78, 5) is 15.1. The fourth-order valence-corrected chi connectivity index (χ4v) is 2.18. The molecule has 1 aromatic rings. The van der Waals surface area contributed by atoms with Crippen LogP contribution in [-0.4, -0.2) is 55.5 Å². The highest BCUT2D eigenvalue weighted by molar-refractivity contribution is 5.46. The second kappa shape index (κ2) is 7.13. The molecule has 4 nitrogen and oxygen atoms in total. The molecular weight excluding hydrogens is 226 g/mol. The Morgan fingerprint density at radius 3 is 2.61 bits per heavy atom. The molecule has 1 aliphatic heterocycles. The van der Waals surface area contributed by atoms with Crippen LogP contribution in [0.15, 0.2) is 30.3 Å². The molecule has 0 unspecified atom stereocenters. The lowest BCUT2D eigenvalue weighted by Crippen LogP contribution is -2.35. The predicted molar refractivity (Wildman–Crippen MR) is 72.2 cm³/mol. The molecule has 1 heterocycles. The molecule has 0 bridgehead atoms. The van der Waals surface area contributed by atoms with Crippen LogP contribution < -0.4 is 5.32 Å². The van der Waals surface area contributed by atoms with E-state index in [0.29, 0.717) is 0 Å². The number of amides is 1. The van der Waals surface area contributed by atoms with Crippen LogP contribution in [0.1, 0.15) is 5.56 Å². The molecule has 1 amide bonds. The summed E-state index contributed by atoms with van der Waals surface area (Å²) in [6.07, 6.45) is 0.952. The minimum Gasteiger partial charge on any atom is -0.343 e. The average Bonchev–Trinajstić information content (AvgIpc) is 2.52. The maximum absolute atomic E-state index is 10.9. The van der Waals surface area contributed by atoms with Gasteiger partial charge in [-0.1, -0.05) is 30.3 Å². The van der Waals surface area contributed by atoms with E-state index in [-0.39, 0.29) is 0 Å². The molecule has 0 aromatic heterocycles. The van der Waals surface area contributed by atoms with Crippen molar-refractivity contribution in [2.24, 2.45) is 0 Å². The van der Waals surface area contributed by atoms with Gasteiger partial charge in [-0.2, -0.15) is 0 Å². The Morgan fingerprint density at radius 1 is 1.06 bits per heavy atom. The summed E-state index contributed by atoms with van der Waals surface area (Å²) in [5.41, 5.74) is 1.33. The second-order valence-electron chi connectivity index (χ2n) is 4.65. The van der Waals surface area contributed by atoms with Crippen molar-refractivity contribution in [2.75, 3.05) is 39.3 Å². The van der Waals surface area contributed by atoms with E-state index in [1.54, 1.807) is 0 Å². The van der Waals surface area contributed by atoms with Crippen molar-refractivity contribution >= 4 is 6.41 Å². The molecule has 0 saturated carbocycles.